The molecule has 1 rings (SSSR count). The molecule has 0 saturated heterocycles. The molecular weight excluding hydrogens is 256 g/mol. The van der Waals surface area contributed by atoms with E-state index in [1.54, 1.807) is 12.4 Å². The molecule has 0 aliphatic heterocycles. The summed E-state index contributed by atoms with van der Waals surface area (Å²) >= 11 is 3.31. The fourth-order valence-corrected chi connectivity index (χ4v) is 1.22. The van der Waals surface area contributed by atoms with Gasteiger partial charge in [0, 0.05) is 18.9 Å². The zero-order chi connectivity index (χ0) is 11.3. The Kier molecular flexibility index (Phi) is 4.27. The molecule has 0 fully saturated rings. The summed E-state index contributed by atoms with van der Waals surface area (Å²) in [6.45, 7) is 4.31. The highest BCUT2D eigenvalue weighted by Crippen LogP contribution is 2.15. The van der Waals surface area contributed by atoms with Gasteiger partial charge < -0.3 is 5.32 Å². The van der Waals surface area contributed by atoms with E-state index in [4.69, 9.17) is 0 Å². The van der Waals surface area contributed by atoms with Crippen LogP contribution in [0, 0.1) is 0 Å². The number of aromatic nitrogens is 1. The average Bonchev–Trinajstić information content (AvgIpc) is 2.18. The van der Waals surface area contributed by atoms with E-state index >= 15 is 0 Å². The van der Waals surface area contributed by atoms with Gasteiger partial charge in [0.05, 0.1) is 4.32 Å². The first-order valence-corrected chi connectivity index (χ1v) is 5.65. The zero-order valence-electron chi connectivity index (χ0n) is 8.96. The second-order valence-electron chi connectivity index (χ2n) is 3.83. The molecule has 82 valence electrons. The third-order valence-corrected chi connectivity index (χ3v) is 2.35. The summed E-state index contributed by atoms with van der Waals surface area (Å²) in [4.78, 5) is 15.4. The van der Waals surface area contributed by atoms with E-state index in [-0.39, 0.29) is 5.91 Å². The minimum atomic E-state index is -0.495. The molecule has 0 unspecified atom stereocenters. The van der Waals surface area contributed by atoms with Crippen molar-refractivity contribution in [3.05, 3.63) is 30.1 Å². The second-order valence-corrected chi connectivity index (χ2v) is 5.82. The van der Waals surface area contributed by atoms with E-state index in [9.17, 15) is 4.79 Å². The van der Waals surface area contributed by atoms with Gasteiger partial charge in [-0.2, -0.15) is 0 Å². The van der Waals surface area contributed by atoms with Crippen molar-refractivity contribution in [2.45, 2.75) is 24.6 Å². The number of nitrogens with zero attached hydrogens (tertiary/aromatic N) is 1. The molecule has 15 heavy (non-hydrogen) atoms. The summed E-state index contributed by atoms with van der Waals surface area (Å²) in [5, 5.41) is 2.86. The van der Waals surface area contributed by atoms with Crippen LogP contribution in [-0.2, 0) is 11.2 Å². The monoisotopic (exact) mass is 270 g/mol. The highest BCUT2D eigenvalue weighted by Gasteiger charge is 2.22. The van der Waals surface area contributed by atoms with Crippen LogP contribution in [0.1, 0.15) is 19.4 Å². The molecule has 4 heteroatoms. The topological polar surface area (TPSA) is 42.0 Å². The van der Waals surface area contributed by atoms with Gasteiger partial charge in [0.15, 0.2) is 0 Å². The molecule has 0 spiro atoms. The van der Waals surface area contributed by atoms with Gasteiger partial charge in [0.25, 0.3) is 0 Å². The maximum Gasteiger partial charge on any atom is 0.236 e. The summed E-state index contributed by atoms with van der Waals surface area (Å²) in [5.74, 6) is 0.0107. The van der Waals surface area contributed by atoms with Gasteiger partial charge in [0.2, 0.25) is 5.91 Å². The SMILES string of the molecule is CC(C)(Br)C(=O)NCCc1ccncc1. The lowest BCUT2D eigenvalue weighted by molar-refractivity contribution is -0.122. The van der Waals surface area contributed by atoms with E-state index in [1.165, 1.54) is 5.56 Å². The van der Waals surface area contributed by atoms with Crippen LogP contribution >= 0.6 is 15.9 Å². The molecule has 3 nitrogen and oxygen atoms in total. The van der Waals surface area contributed by atoms with E-state index < -0.39 is 4.32 Å². The zero-order valence-corrected chi connectivity index (χ0v) is 10.5. The Bertz CT molecular complexity index is 319. The lowest BCUT2D eigenvalue weighted by Gasteiger charge is -2.15. The summed E-state index contributed by atoms with van der Waals surface area (Å²) < 4.78 is -0.495. The van der Waals surface area contributed by atoms with E-state index in [0.717, 1.165) is 6.42 Å². The first-order chi connectivity index (χ1) is 7.00. The number of hydrogen-bond donors (Lipinski definition) is 1. The fraction of sp³-hybridized carbons (Fsp3) is 0.455. The molecule has 0 saturated carbocycles. The Hall–Kier alpha value is -0.900. The van der Waals surface area contributed by atoms with Crippen molar-refractivity contribution < 1.29 is 4.79 Å². The van der Waals surface area contributed by atoms with Gasteiger partial charge in [-0.3, -0.25) is 9.78 Å². The molecule has 0 atom stereocenters. The molecule has 0 radical (unpaired) electrons. The molecule has 0 bridgehead atoms. The van der Waals surface area contributed by atoms with Gasteiger partial charge in [0.1, 0.15) is 0 Å². The average molecular weight is 271 g/mol. The lowest BCUT2D eigenvalue weighted by atomic mass is 10.2. The smallest absolute Gasteiger partial charge is 0.236 e. The number of alkyl halides is 1. The summed E-state index contributed by atoms with van der Waals surface area (Å²) in [5.41, 5.74) is 1.18. The molecule has 1 heterocycles. The quantitative estimate of drug-likeness (QED) is 0.850. The highest BCUT2D eigenvalue weighted by molar-refractivity contribution is 9.10. The van der Waals surface area contributed by atoms with Crippen molar-refractivity contribution in [2.24, 2.45) is 0 Å². The number of nitrogens with one attached hydrogen (secondary N) is 1. The summed E-state index contributed by atoms with van der Waals surface area (Å²) in [6.07, 6.45) is 4.34. The number of halogens is 1. The molecule has 1 N–H and O–H groups in total. The van der Waals surface area contributed by atoms with Crippen LogP contribution < -0.4 is 5.32 Å². The maximum atomic E-state index is 11.5. The van der Waals surface area contributed by atoms with Crippen LogP contribution in [0.2, 0.25) is 0 Å². The van der Waals surface area contributed by atoms with E-state index in [1.807, 2.05) is 26.0 Å². The molecule has 0 aliphatic rings. The molecular formula is C11H15BrN2O. The molecule has 0 aromatic carbocycles. The first-order valence-electron chi connectivity index (χ1n) is 4.86. The molecule has 1 aromatic heterocycles. The number of amides is 1. The standard InChI is InChI=1S/C11H15BrN2O/c1-11(2,12)10(15)14-8-5-9-3-6-13-7-4-9/h3-4,6-7H,5,8H2,1-2H3,(H,14,15). The van der Waals surface area contributed by atoms with Crippen LogP contribution in [0.4, 0.5) is 0 Å². The van der Waals surface area contributed by atoms with Gasteiger partial charge >= 0.3 is 0 Å². The molecule has 0 aliphatic carbocycles. The number of carbonyl (C=O) groups excluding carboxylic acids is 1. The number of carbonyl (C=O) groups is 1. The van der Waals surface area contributed by atoms with Crippen LogP contribution in [0.5, 0.6) is 0 Å². The predicted molar refractivity (Wildman–Crippen MR) is 64.0 cm³/mol. The third-order valence-electron chi connectivity index (χ3n) is 1.99. The second kappa shape index (κ2) is 5.26. The predicted octanol–water partition coefficient (Wildman–Crippen LogP) is 1.91. The van der Waals surface area contributed by atoms with Crippen molar-refractivity contribution in [1.29, 1.82) is 0 Å². The largest absolute Gasteiger partial charge is 0.355 e. The van der Waals surface area contributed by atoms with Gasteiger partial charge in [-0.15, -0.1) is 0 Å². The van der Waals surface area contributed by atoms with Crippen molar-refractivity contribution in [3.8, 4) is 0 Å². The maximum absolute atomic E-state index is 11.5. The van der Waals surface area contributed by atoms with Crippen LogP contribution in [0.3, 0.4) is 0 Å². The Morgan fingerprint density at radius 1 is 1.47 bits per heavy atom. The Morgan fingerprint density at radius 2 is 2.07 bits per heavy atom. The van der Waals surface area contributed by atoms with E-state index in [0.29, 0.717) is 6.54 Å². The Labute approximate surface area is 98.4 Å². The Morgan fingerprint density at radius 3 is 2.60 bits per heavy atom. The summed E-state index contributed by atoms with van der Waals surface area (Å²) in [6, 6.07) is 3.90. The normalized spacial score (nSPS) is 11.1. The van der Waals surface area contributed by atoms with Crippen LogP contribution in [0.25, 0.3) is 0 Å². The molecule has 1 amide bonds. The van der Waals surface area contributed by atoms with Gasteiger partial charge in [-0.25, -0.2) is 0 Å². The van der Waals surface area contributed by atoms with Gasteiger partial charge in [-0.1, -0.05) is 15.9 Å². The third kappa shape index (κ3) is 4.42. The van der Waals surface area contributed by atoms with Crippen LogP contribution in [-0.4, -0.2) is 21.8 Å². The fourth-order valence-electron chi connectivity index (χ4n) is 1.08. The Balaban J connectivity index is 2.32. The summed E-state index contributed by atoms with van der Waals surface area (Å²) in [7, 11) is 0. The number of hydrogen-bond acceptors (Lipinski definition) is 2. The van der Waals surface area contributed by atoms with Crippen molar-refractivity contribution in [1.82, 2.24) is 10.3 Å². The van der Waals surface area contributed by atoms with Crippen molar-refractivity contribution in [3.63, 3.8) is 0 Å². The lowest BCUT2D eigenvalue weighted by Crippen LogP contribution is -2.38. The van der Waals surface area contributed by atoms with Crippen LogP contribution in [0.15, 0.2) is 24.5 Å². The minimum Gasteiger partial charge on any atom is -0.355 e. The van der Waals surface area contributed by atoms with Gasteiger partial charge in [-0.05, 0) is 38.0 Å². The molecule has 1 aromatic rings. The minimum absolute atomic E-state index is 0.0107. The van der Waals surface area contributed by atoms with Crippen molar-refractivity contribution >= 4 is 21.8 Å². The van der Waals surface area contributed by atoms with E-state index in [2.05, 4.69) is 26.2 Å². The first kappa shape index (κ1) is 12.2. The van der Waals surface area contributed by atoms with Crippen molar-refractivity contribution in [2.75, 3.05) is 6.54 Å². The number of pyridine rings is 1. The number of rotatable bonds is 4. The highest BCUT2D eigenvalue weighted by atomic mass is 79.9.